The molecule has 3 N–H and O–H groups in total. The number of halogens is 1. The van der Waals surface area contributed by atoms with Crippen molar-refractivity contribution in [3.8, 4) is 0 Å². The van der Waals surface area contributed by atoms with Crippen LogP contribution >= 0.6 is 15.9 Å². The molecule has 0 saturated heterocycles. The van der Waals surface area contributed by atoms with Crippen LogP contribution in [-0.4, -0.2) is 13.3 Å². The predicted molar refractivity (Wildman–Crippen MR) is 82.5 cm³/mol. The van der Waals surface area contributed by atoms with E-state index in [1.165, 1.54) is 6.07 Å². The van der Waals surface area contributed by atoms with E-state index in [1.807, 2.05) is 0 Å². The summed E-state index contributed by atoms with van der Waals surface area (Å²) >= 11 is 3.22. The van der Waals surface area contributed by atoms with Gasteiger partial charge in [-0.15, -0.1) is 0 Å². The normalized spacial score (nSPS) is 11.1. The smallest absolute Gasteiger partial charge is 0.270 e. The molecule has 2 aromatic carbocycles. The first-order valence-electron chi connectivity index (χ1n) is 5.62. The van der Waals surface area contributed by atoms with Gasteiger partial charge in [-0.3, -0.25) is 14.8 Å². The van der Waals surface area contributed by atoms with Crippen LogP contribution in [0.3, 0.4) is 0 Å². The molecule has 0 heterocycles. The maximum Gasteiger partial charge on any atom is 0.270 e. The molecule has 110 valence electrons. The highest BCUT2D eigenvalue weighted by Gasteiger charge is 2.21. The van der Waals surface area contributed by atoms with Gasteiger partial charge >= 0.3 is 0 Å². The van der Waals surface area contributed by atoms with E-state index in [0.717, 1.165) is 12.1 Å². The third-order valence-electron chi connectivity index (χ3n) is 2.57. The molecule has 0 unspecified atom stereocenters. The summed E-state index contributed by atoms with van der Waals surface area (Å²) in [5.41, 5.74) is 5.51. The Kier molecular flexibility index (Phi) is 4.14. The first kappa shape index (κ1) is 15.3. The lowest BCUT2D eigenvalue weighted by molar-refractivity contribution is -0.385. The molecule has 21 heavy (non-hydrogen) atoms. The molecule has 7 nitrogen and oxygen atoms in total. The topological polar surface area (TPSA) is 115 Å². The zero-order chi connectivity index (χ0) is 15.6. The Labute approximate surface area is 129 Å². The molecule has 0 aliphatic heterocycles. The van der Waals surface area contributed by atoms with Gasteiger partial charge in [0, 0.05) is 22.3 Å². The van der Waals surface area contributed by atoms with Crippen LogP contribution in [0.1, 0.15) is 0 Å². The fourth-order valence-corrected chi connectivity index (χ4v) is 3.23. The number of nitrogens with zero attached hydrogens (tertiary/aromatic N) is 1. The van der Waals surface area contributed by atoms with E-state index in [9.17, 15) is 18.5 Å². The number of benzene rings is 2. The number of non-ortho nitro benzene ring substituents is 1. The second-order valence-electron chi connectivity index (χ2n) is 4.10. The number of nitrogens with two attached hydrogens (primary N) is 1. The number of nitrogens with one attached hydrogen (secondary N) is 1. The Hall–Kier alpha value is -2.13. The quantitative estimate of drug-likeness (QED) is 0.486. The second-order valence-corrected chi connectivity index (χ2v) is 6.66. The highest BCUT2D eigenvalue weighted by atomic mass is 79.9. The van der Waals surface area contributed by atoms with Crippen molar-refractivity contribution in [1.82, 2.24) is 0 Å². The molecule has 0 radical (unpaired) electrons. The summed E-state index contributed by atoms with van der Waals surface area (Å²) in [6.45, 7) is 0. The van der Waals surface area contributed by atoms with Gasteiger partial charge in [0.05, 0.1) is 10.6 Å². The number of hydrogen-bond acceptors (Lipinski definition) is 5. The van der Waals surface area contributed by atoms with E-state index in [0.29, 0.717) is 10.2 Å². The number of nitrogen functional groups attached to an aromatic ring is 1. The SMILES string of the molecule is Nc1ccc([N+](=O)[O-])cc1S(=O)(=O)Nc1cccc(Br)c1. The Morgan fingerprint density at radius 1 is 1.19 bits per heavy atom. The van der Waals surface area contributed by atoms with Gasteiger partial charge in [0.1, 0.15) is 4.90 Å². The van der Waals surface area contributed by atoms with Crippen molar-refractivity contribution in [2.24, 2.45) is 0 Å². The fourth-order valence-electron chi connectivity index (χ4n) is 1.63. The summed E-state index contributed by atoms with van der Waals surface area (Å²) in [7, 11) is -4.02. The number of hydrogen-bond donors (Lipinski definition) is 2. The molecule has 0 aliphatic carbocycles. The number of sulfonamides is 1. The van der Waals surface area contributed by atoms with E-state index in [-0.39, 0.29) is 16.3 Å². The van der Waals surface area contributed by atoms with Crippen molar-refractivity contribution in [1.29, 1.82) is 0 Å². The van der Waals surface area contributed by atoms with Crippen LogP contribution in [0.15, 0.2) is 51.8 Å². The van der Waals surface area contributed by atoms with Crippen LogP contribution in [0.2, 0.25) is 0 Å². The minimum absolute atomic E-state index is 0.0666. The van der Waals surface area contributed by atoms with E-state index in [4.69, 9.17) is 5.73 Å². The summed E-state index contributed by atoms with van der Waals surface area (Å²) in [5.74, 6) is 0. The van der Waals surface area contributed by atoms with Gasteiger partial charge in [0.25, 0.3) is 15.7 Å². The largest absolute Gasteiger partial charge is 0.398 e. The number of nitro benzene ring substituents is 1. The third-order valence-corrected chi connectivity index (χ3v) is 4.50. The first-order chi connectivity index (χ1) is 9.79. The zero-order valence-electron chi connectivity index (χ0n) is 10.5. The van der Waals surface area contributed by atoms with E-state index in [1.54, 1.807) is 24.3 Å². The molecule has 0 atom stereocenters. The molecule has 0 bridgehead atoms. The first-order valence-corrected chi connectivity index (χ1v) is 7.89. The van der Waals surface area contributed by atoms with Crippen molar-refractivity contribution in [2.75, 3.05) is 10.5 Å². The highest BCUT2D eigenvalue weighted by Crippen LogP contribution is 2.26. The minimum atomic E-state index is -4.02. The minimum Gasteiger partial charge on any atom is -0.398 e. The molecule has 0 saturated carbocycles. The monoisotopic (exact) mass is 371 g/mol. The Balaban J connectivity index is 2.44. The van der Waals surface area contributed by atoms with E-state index >= 15 is 0 Å². The molecule has 2 aromatic rings. The van der Waals surface area contributed by atoms with Gasteiger partial charge in [0.2, 0.25) is 0 Å². The van der Waals surface area contributed by atoms with Crippen molar-refractivity contribution in [2.45, 2.75) is 4.90 Å². The van der Waals surface area contributed by atoms with Gasteiger partial charge in [-0.2, -0.15) is 0 Å². The maximum atomic E-state index is 12.3. The lowest BCUT2D eigenvalue weighted by Gasteiger charge is -2.10. The molecule has 0 aliphatic rings. The van der Waals surface area contributed by atoms with Crippen LogP contribution in [-0.2, 0) is 10.0 Å². The highest BCUT2D eigenvalue weighted by molar-refractivity contribution is 9.10. The maximum absolute atomic E-state index is 12.3. The lowest BCUT2D eigenvalue weighted by Crippen LogP contribution is -2.15. The molecule has 0 spiro atoms. The summed E-state index contributed by atoms with van der Waals surface area (Å²) in [6.07, 6.45) is 0. The molecule has 0 amide bonds. The van der Waals surface area contributed by atoms with Crippen LogP contribution < -0.4 is 10.5 Å². The van der Waals surface area contributed by atoms with Crippen molar-refractivity contribution >= 4 is 43.0 Å². The number of anilines is 2. The Morgan fingerprint density at radius 2 is 1.90 bits per heavy atom. The Bertz CT molecular complexity index is 808. The lowest BCUT2D eigenvalue weighted by atomic mass is 10.3. The van der Waals surface area contributed by atoms with Gasteiger partial charge in [-0.25, -0.2) is 8.42 Å². The molecule has 0 fully saturated rings. The summed E-state index contributed by atoms with van der Waals surface area (Å²) in [4.78, 5) is 9.72. The molecule has 0 aromatic heterocycles. The standard InChI is InChI=1S/C12H10BrN3O4S/c13-8-2-1-3-9(6-8)15-21(19,20)12-7-10(16(17)18)4-5-11(12)14/h1-7,15H,14H2. The van der Waals surface area contributed by atoms with Gasteiger partial charge in [-0.1, -0.05) is 22.0 Å². The van der Waals surface area contributed by atoms with Crippen LogP contribution in [0.25, 0.3) is 0 Å². The molecular weight excluding hydrogens is 362 g/mol. The predicted octanol–water partition coefficient (Wildman–Crippen LogP) is 2.74. The van der Waals surface area contributed by atoms with Crippen LogP contribution in [0, 0.1) is 10.1 Å². The Morgan fingerprint density at radius 3 is 2.52 bits per heavy atom. The van der Waals surface area contributed by atoms with Crippen molar-refractivity contribution in [3.63, 3.8) is 0 Å². The second kappa shape index (κ2) is 5.70. The summed E-state index contributed by atoms with van der Waals surface area (Å²) in [5, 5.41) is 10.7. The average Bonchev–Trinajstić information content (AvgIpc) is 2.38. The van der Waals surface area contributed by atoms with Gasteiger partial charge < -0.3 is 5.73 Å². The molecular formula is C12H10BrN3O4S. The van der Waals surface area contributed by atoms with Crippen LogP contribution in [0.4, 0.5) is 17.1 Å². The van der Waals surface area contributed by atoms with Crippen LogP contribution in [0.5, 0.6) is 0 Å². The average molecular weight is 372 g/mol. The van der Waals surface area contributed by atoms with E-state index < -0.39 is 14.9 Å². The van der Waals surface area contributed by atoms with Gasteiger partial charge in [0.15, 0.2) is 0 Å². The zero-order valence-corrected chi connectivity index (χ0v) is 12.9. The van der Waals surface area contributed by atoms with Crippen molar-refractivity contribution < 1.29 is 13.3 Å². The third kappa shape index (κ3) is 3.50. The molecule has 9 heteroatoms. The molecule has 2 rings (SSSR count). The summed E-state index contributed by atoms with van der Waals surface area (Å²) < 4.78 is 27.6. The summed E-state index contributed by atoms with van der Waals surface area (Å²) in [6, 6.07) is 9.76. The fraction of sp³-hybridized carbons (Fsp3) is 0. The van der Waals surface area contributed by atoms with Crippen molar-refractivity contribution in [3.05, 3.63) is 57.1 Å². The van der Waals surface area contributed by atoms with E-state index in [2.05, 4.69) is 20.7 Å². The van der Waals surface area contributed by atoms with Gasteiger partial charge in [-0.05, 0) is 24.3 Å². The number of nitro groups is 1. The number of rotatable bonds is 4.